The Balaban J connectivity index is 1.38. The van der Waals surface area contributed by atoms with E-state index in [-0.39, 0.29) is 17.7 Å². The van der Waals surface area contributed by atoms with Crippen molar-refractivity contribution in [1.82, 2.24) is 19.7 Å². The van der Waals surface area contributed by atoms with Gasteiger partial charge in [-0.3, -0.25) is 9.48 Å². The van der Waals surface area contributed by atoms with Crippen LogP contribution >= 0.6 is 0 Å². The quantitative estimate of drug-likeness (QED) is 0.445. The van der Waals surface area contributed by atoms with Crippen LogP contribution in [0.5, 0.6) is 5.75 Å². The maximum atomic E-state index is 14.4. The molecule has 4 aromatic rings. The molecule has 0 unspecified atom stereocenters. The van der Waals surface area contributed by atoms with Crippen molar-refractivity contribution in [1.29, 1.82) is 0 Å². The van der Waals surface area contributed by atoms with Crippen LogP contribution in [0.1, 0.15) is 13.8 Å². The van der Waals surface area contributed by atoms with Gasteiger partial charge in [-0.25, -0.2) is 9.37 Å². The summed E-state index contributed by atoms with van der Waals surface area (Å²) in [4.78, 5) is 20.4. The van der Waals surface area contributed by atoms with Gasteiger partial charge < -0.3 is 20.7 Å². The first-order chi connectivity index (χ1) is 15.3. The molecule has 1 amide bonds. The van der Waals surface area contributed by atoms with Crippen molar-refractivity contribution in [2.24, 2.45) is 7.05 Å². The number of carbonyl (C=O) groups is 1. The molecule has 0 spiro atoms. The highest BCUT2D eigenvalue weighted by Crippen LogP contribution is 2.36. The fourth-order valence-electron chi connectivity index (χ4n) is 3.41. The van der Waals surface area contributed by atoms with E-state index in [2.05, 4.69) is 31.0 Å². The van der Waals surface area contributed by atoms with Crippen LogP contribution in [0.15, 0.2) is 48.8 Å². The lowest BCUT2D eigenvalue weighted by Crippen LogP contribution is -2.45. The molecule has 3 heterocycles. The van der Waals surface area contributed by atoms with E-state index in [4.69, 9.17) is 4.74 Å². The second kappa shape index (κ2) is 7.19. The fourth-order valence-corrected chi connectivity index (χ4v) is 3.41. The summed E-state index contributed by atoms with van der Waals surface area (Å²) in [5.74, 6) is -0.0393. The molecule has 2 aromatic carbocycles. The molecule has 10 heteroatoms. The first-order valence-corrected chi connectivity index (χ1v) is 9.91. The number of nitrogens with one attached hydrogen (secondary N) is 3. The Morgan fingerprint density at radius 1 is 1.09 bits per heavy atom. The van der Waals surface area contributed by atoms with Gasteiger partial charge in [0.05, 0.1) is 23.6 Å². The third-order valence-electron chi connectivity index (χ3n) is 5.15. The van der Waals surface area contributed by atoms with Gasteiger partial charge in [-0.2, -0.15) is 10.1 Å². The second-order valence-electron chi connectivity index (χ2n) is 7.96. The molecule has 9 nitrogen and oxygen atoms in total. The number of ether oxygens (including phenoxy) is 1. The van der Waals surface area contributed by atoms with E-state index in [0.29, 0.717) is 22.8 Å². The smallest absolute Gasteiger partial charge is 0.268 e. The summed E-state index contributed by atoms with van der Waals surface area (Å²) in [5.41, 5.74) is 1.84. The van der Waals surface area contributed by atoms with Gasteiger partial charge in [-0.1, -0.05) is 0 Å². The van der Waals surface area contributed by atoms with Gasteiger partial charge in [0.25, 0.3) is 5.91 Å². The molecule has 0 atom stereocenters. The number of aryl methyl sites for hydroxylation is 1. The lowest BCUT2D eigenvalue weighted by molar-refractivity contribution is -0.129. The highest BCUT2D eigenvalue weighted by Gasteiger charge is 2.35. The summed E-state index contributed by atoms with van der Waals surface area (Å²) in [6.45, 7) is 3.40. The first-order valence-electron chi connectivity index (χ1n) is 9.91. The number of carbonyl (C=O) groups excluding carboxylic acids is 1. The molecule has 32 heavy (non-hydrogen) atoms. The number of hydrogen-bond donors (Lipinski definition) is 3. The number of fused-ring (bicyclic) bond motifs is 2. The minimum absolute atomic E-state index is 0.0297. The average Bonchev–Trinajstić information content (AvgIpc) is 3.11. The van der Waals surface area contributed by atoms with Crippen molar-refractivity contribution in [3.05, 3.63) is 54.6 Å². The molecule has 0 saturated carbocycles. The number of nitrogens with zero attached hydrogens (tertiary/aromatic N) is 4. The van der Waals surface area contributed by atoms with Crippen LogP contribution in [-0.4, -0.2) is 31.3 Å². The van der Waals surface area contributed by atoms with Crippen LogP contribution in [0.3, 0.4) is 0 Å². The second-order valence-corrected chi connectivity index (χ2v) is 7.96. The highest BCUT2D eigenvalue weighted by molar-refractivity contribution is 6.00. The summed E-state index contributed by atoms with van der Waals surface area (Å²) in [5, 5.41) is 14.0. The predicted octanol–water partition coefficient (Wildman–Crippen LogP) is 4.10. The summed E-state index contributed by atoms with van der Waals surface area (Å²) in [7, 11) is 1.86. The summed E-state index contributed by atoms with van der Waals surface area (Å²) in [6, 6.07) is 10.8. The van der Waals surface area contributed by atoms with E-state index in [1.165, 1.54) is 0 Å². The van der Waals surface area contributed by atoms with Gasteiger partial charge in [0.2, 0.25) is 5.95 Å². The van der Waals surface area contributed by atoms with Crippen molar-refractivity contribution < 1.29 is 13.9 Å². The molecule has 1 aliphatic rings. The highest BCUT2D eigenvalue weighted by atomic mass is 19.1. The third-order valence-corrected chi connectivity index (χ3v) is 5.15. The zero-order chi connectivity index (χ0) is 22.5. The Kier molecular flexibility index (Phi) is 4.43. The van der Waals surface area contributed by atoms with E-state index in [0.717, 1.165) is 17.1 Å². The minimum Gasteiger partial charge on any atom is -0.476 e. The molecule has 0 bridgehead atoms. The molecule has 2 aromatic heterocycles. The lowest BCUT2D eigenvalue weighted by Gasteiger charge is -2.31. The van der Waals surface area contributed by atoms with Gasteiger partial charge in [0.15, 0.2) is 17.2 Å². The average molecular weight is 433 g/mol. The number of hydrogen-bond acceptors (Lipinski definition) is 7. The van der Waals surface area contributed by atoms with Crippen molar-refractivity contribution >= 4 is 45.6 Å². The molecular weight excluding hydrogens is 413 g/mol. The zero-order valence-electron chi connectivity index (χ0n) is 17.6. The third kappa shape index (κ3) is 3.55. The van der Waals surface area contributed by atoms with Gasteiger partial charge in [0.1, 0.15) is 5.75 Å². The van der Waals surface area contributed by atoms with E-state index < -0.39 is 11.4 Å². The van der Waals surface area contributed by atoms with Gasteiger partial charge in [-0.05, 0) is 50.2 Å². The molecule has 162 valence electrons. The SMILES string of the molecule is Cn1ncc2cc(Nc3nc(Nc4ccc5c(c4)NC(=O)C(C)(C)O5)ncc3F)ccc21. The Hall–Kier alpha value is -4.21. The van der Waals surface area contributed by atoms with Crippen LogP contribution < -0.4 is 20.7 Å². The van der Waals surface area contributed by atoms with Crippen LogP contribution in [0.25, 0.3) is 10.9 Å². The minimum atomic E-state index is -0.943. The number of anilines is 5. The van der Waals surface area contributed by atoms with Crippen molar-refractivity contribution in [3.63, 3.8) is 0 Å². The molecule has 3 N–H and O–H groups in total. The van der Waals surface area contributed by atoms with Crippen LogP contribution in [0, 0.1) is 5.82 Å². The van der Waals surface area contributed by atoms with Crippen LogP contribution in [-0.2, 0) is 11.8 Å². The van der Waals surface area contributed by atoms with Gasteiger partial charge >= 0.3 is 0 Å². The Bertz CT molecular complexity index is 1370. The van der Waals surface area contributed by atoms with E-state index in [1.54, 1.807) is 42.9 Å². The largest absolute Gasteiger partial charge is 0.476 e. The monoisotopic (exact) mass is 433 g/mol. The molecule has 0 aliphatic carbocycles. The lowest BCUT2D eigenvalue weighted by atomic mass is 10.1. The van der Waals surface area contributed by atoms with Gasteiger partial charge in [-0.15, -0.1) is 0 Å². The number of halogens is 1. The van der Waals surface area contributed by atoms with Crippen molar-refractivity contribution in [3.8, 4) is 5.75 Å². The van der Waals surface area contributed by atoms with Crippen LogP contribution in [0.4, 0.5) is 33.2 Å². The molecule has 0 fully saturated rings. The molecule has 0 saturated heterocycles. The maximum Gasteiger partial charge on any atom is 0.268 e. The van der Waals surface area contributed by atoms with Crippen molar-refractivity contribution in [2.75, 3.05) is 16.0 Å². The molecule has 0 radical (unpaired) electrons. The molecular formula is C22H20FN7O2. The number of rotatable bonds is 4. The Morgan fingerprint density at radius 2 is 1.88 bits per heavy atom. The maximum absolute atomic E-state index is 14.4. The standard InChI is InChI=1S/C22H20FN7O2/c1-22(2)20(31)28-16-9-14(5-7-18(16)32-22)27-21-24-11-15(23)19(29-21)26-13-4-6-17-12(8-13)10-25-30(17)3/h4-11H,1-3H3,(H,28,31)(H2,24,26,27,29). The van der Waals surface area contributed by atoms with Crippen molar-refractivity contribution in [2.45, 2.75) is 19.4 Å². The predicted molar refractivity (Wildman–Crippen MR) is 119 cm³/mol. The number of aromatic nitrogens is 4. The Morgan fingerprint density at radius 3 is 2.72 bits per heavy atom. The van der Waals surface area contributed by atoms with Crippen LogP contribution in [0.2, 0.25) is 0 Å². The van der Waals surface area contributed by atoms with E-state index in [1.807, 2.05) is 25.2 Å². The number of benzene rings is 2. The van der Waals surface area contributed by atoms with Gasteiger partial charge in [0, 0.05) is 23.8 Å². The zero-order valence-corrected chi connectivity index (χ0v) is 17.6. The first kappa shape index (κ1) is 19.7. The van der Waals surface area contributed by atoms with E-state index >= 15 is 0 Å². The molecule has 1 aliphatic heterocycles. The topological polar surface area (TPSA) is 106 Å². The normalized spacial score (nSPS) is 14.4. The molecule has 5 rings (SSSR count). The Labute approximate surface area is 182 Å². The summed E-state index contributed by atoms with van der Waals surface area (Å²) < 4.78 is 21.9. The summed E-state index contributed by atoms with van der Waals surface area (Å²) >= 11 is 0. The summed E-state index contributed by atoms with van der Waals surface area (Å²) in [6.07, 6.45) is 2.83. The van der Waals surface area contributed by atoms with E-state index in [9.17, 15) is 9.18 Å². The number of amides is 1. The fraction of sp³-hybridized carbons (Fsp3) is 0.182.